The second-order valence-electron chi connectivity index (χ2n) is 4.93. The predicted molar refractivity (Wildman–Crippen MR) is 66.2 cm³/mol. The van der Waals surface area contributed by atoms with Crippen LogP contribution in [0.5, 0.6) is 0 Å². The first kappa shape index (κ1) is 13.6. The molecular formula is C13H14F3N3. The number of rotatable bonds is 2. The van der Waals surface area contributed by atoms with E-state index in [1.165, 1.54) is 12.1 Å². The molecule has 0 bridgehead atoms. The lowest BCUT2D eigenvalue weighted by molar-refractivity contribution is -0.137. The lowest BCUT2D eigenvalue weighted by Crippen LogP contribution is -2.30. The molecule has 0 aliphatic carbocycles. The molecule has 3 nitrogen and oxygen atoms in total. The van der Waals surface area contributed by atoms with Crippen molar-refractivity contribution < 1.29 is 13.2 Å². The molecule has 1 aromatic heterocycles. The normalized spacial score (nSPS) is 12.7. The van der Waals surface area contributed by atoms with Crippen LogP contribution in [0.2, 0.25) is 0 Å². The zero-order chi connectivity index (χ0) is 14.3. The van der Waals surface area contributed by atoms with Crippen LogP contribution < -0.4 is 5.73 Å². The number of halogens is 3. The summed E-state index contributed by atoms with van der Waals surface area (Å²) in [5, 5.41) is 0. The quantitative estimate of drug-likeness (QED) is 0.879. The number of imidazole rings is 1. The molecule has 0 unspecified atom stereocenters. The molecular weight excluding hydrogens is 255 g/mol. The number of nitrogens with two attached hydrogens (primary N) is 1. The summed E-state index contributed by atoms with van der Waals surface area (Å²) in [5.74, 6) is 0.586. The van der Waals surface area contributed by atoms with Crippen molar-refractivity contribution in [3.8, 4) is 11.3 Å². The standard InChI is InChI=1S/C13H14F3N3/c1-12(2,17)11-18-7-10(19-11)8-3-5-9(6-4-8)13(14,15)16/h3-7H,17H2,1-2H3,(H,18,19). The van der Waals surface area contributed by atoms with Gasteiger partial charge in [0.2, 0.25) is 0 Å². The van der Waals surface area contributed by atoms with Crippen molar-refractivity contribution >= 4 is 0 Å². The third-order valence-electron chi connectivity index (χ3n) is 2.70. The Labute approximate surface area is 108 Å². The van der Waals surface area contributed by atoms with Gasteiger partial charge in [-0.3, -0.25) is 0 Å². The number of nitrogens with zero attached hydrogens (tertiary/aromatic N) is 1. The molecule has 19 heavy (non-hydrogen) atoms. The van der Waals surface area contributed by atoms with Gasteiger partial charge in [0.1, 0.15) is 5.82 Å². The van der Waals surface area contributed by atoms with E-state index in [0.29, 0.717) is 17.1 Å². The van der Waals surface area contributed by atoms with Gasteiger partial charge >= 0.3 is 6.18 Å². The van der Waals surface area contributed by atoms with Crippen molar-refractivity contribution in [1.82, 2.24) is 9.97 Å². The fraction of sp³-hybridized carbons (Fsp3) is 0.308. The van der Waals surface area contributed by atoms with Gasteiger partial charge in [0, 0.05) is 11.8 Å². The SMILES string of the molecule is CC(C)(N)c1nc(-c2ccc(C(F)(F)F)cc2)c[nH]1. The highest BCUT2D eigenvalue weighted by molar-refractivity contribution is 5.59. The predicted octanol–water partition coefficient (Wildman–Crippen LogP) is 3.29. The molecule has 1 aromatic carbocycles. The van der Waals surface area contributed by atoms with E-state index in [9.17, 15) is 13.2 Å². The number of aromatic nitrogens is 2. The van der Waals surface area contributed by atoms with Gasteiger partial charge in [-0.1, -0.05) is 12.1 Å². The second-order valence-corrected chi connectivity index (χ2v) is 4.93. The average Bonchev–Trinajstić information content (AvgIpc) is 2.77. The number of hydrogen-bond acceptors (Lipinski definition) is 2. The van der Waals surface area contributed by atoms with Crippen LogP contribution in [-0.4, -0.2) is 9.97 Å². The van der Waals surface area contributed by atoms with E-state index in [1.807, 2.05) is 0 Å². The third kappa shape index (κ3) is 2.96. The average molecular weight is 269 g/mol. The van der Waals surface area contributed by atoms with Gasteiger partial charge in [-0.25, -0.2) is 4.98 Å². The van der Waals surface area contributed by atoms with E-state index >= 15 is 0 Å². The summed E-state index contributed by atoms with van der Waals surface area (Å²) in [6, 6.07) is 4.87. The molecule has 0 saturated carbocycles. The molecule has 0 atom stereocenters. The molecule has 2 rings (SSSR count). The Hall–Kier alpha value is -1.82. The van der Waals surface area contributed by atoms with Crippen molar-refractivity contribution in [3.05, 3.63) is 41.9 Å². The monoisotopic (exact) mass is 269 g/mol. The Morgan fingerprint density at radius 1 is 1.11 bits per heavy atom. The Balaban J connectivity index is 2.31. The Bertz CT molecular complexity index is 562. The summed E-state index contributed by atoms with van der Waals surface area (Å²) in [5.41, 5.74) is 5.77. The fourth-order valence-corrected chi connectivity index (χ4v) is 1.63. The number of nitrogens with one attached hydrogen (secondary N) is 1. The number of benzene rings is 1. The molecule has 1 heterocycles. The van der Waals surface area contributed by atoms with Crippen LogP contribution in [0.15, 0.2) is 30.5 Å². The number of alkyl halides is 3. The molecule has 0 saturated heterocycles. The van der Waals surface area contributed by atoms with E-state index in [1.54, 1.807) is 20.0 Å². The van der Waals surface area contributed by atoms with E-state index in [2.05, 4.69) is 9.97 Å². The largest absolute Gasteiger partial charge is 0.416 e. The van der Waals surface area contributed by atoms with Crippen molar-refractivity contribution in [2.45, 2.75) is 25.6 Å². The summed E-state index contributed by atoms with van der Waals surface area (Å²) >= 11 is 0. The van der Waals surface area contributed by atoms with Crippen molar-refractivity contribution in [2.75, 3.05) is 0 Å². The molecule has 0 spiro atoms. The Morgan fingerprint density at radius 2 is 1.68 bits per heavy atom. The third-order valence-corrected chi connectivity index (χ3v) is 2.70. The summed E-state index contributed by atoms with van der Waals surface area (Å²) in [6.07, 6.45) is -2.69. The van der Waals surface area contributed by atoms with Crippen LogP contribution in [0.25, 0.3) is 11.3 Å². The van der Waals surface area contributed by atoms with Crippen molar-refractivity contribution in [1.29, 1.82) is 0 Å². The second kappa shape index (κ2) is 4.38. The first-order valence-electron chi connectivity index (χ1n) is 5.70. The summed E-state index contributed by atoms with van der Waals surface area (Å²) in [4.78, 5) is 7.21. The van der Waals surface area contributed by atoms with Gasteiger partial charge in [-0.05, 0) is 26.0 Å². The number of hydrogen-bond donors (Lipinski definition) is 2. The molecule has 0 fully saturated rings. The first-order valence-corrected chi connectivity index (χ1v) is 5.70. The summed E-state index contributed by atoms with van der Waals surface area (Å²) in [6.45, 7) is 3.59. The van der Waals surface area contributed by atoms with Gasteiger partial charge in [0.05, 0.1) is 16.8 Å². The summed E-state index contributed by atoms with van der Waals surface area (Å²) < 4.78 is 37.3. The fourth-order valence-electron chi connectivity index (χ4n) is 1.63. The van der Waals surface area contributed by atoms with E-state index in [4.69, 9.17) is 5.73 Å². The number of H-pyrrole nitrogens is 1. The molecule has 0 amide bonds. The van der Waals surface area contributed by atoms with Crippen LogP contribution in [0.1, 0.15) is 25.2 Å². The molecule has 102 valence electrons. The highest BCUT2D eigenvalue weighted by Gasteiger charge is 2.30. The van der Waals surface area contributed by atoms with Crippen LogP contribution in [0, 0.1) is 0 Å². The van der Waals surface area contributed by atoms with Crippen LogP contribution in [0.3, 0.4) is 0 Å². The van der Waals surface area contributed by atoms with Gasteiger partial charge in [-0.2, -0.15) is 13.2 Å². The maximum atomic E-state index is 12.4. The molecule has 3 N–H and O–H groups in total. The van der Waals surface area contributed by atoms with Crippen LogP contribution in [0.4, 0.5) is 13.2 Å². The zero-order valence-corrected chi connectivity index (χ0v) is 10.5. The smallest absolute Gasteiger partial charge is 0.346 e. The van der Waals surface area contributed by atoms with Crippen LogP contribution >= 0.6 is 0 Å². The van der Waals surface area contributed by atoms with E-state index in [-0.39, 0.29) is 0 Å². The Morgan fingerprint density at radius 3 is 2.11 bits per heavy atom. The maximum absolute atomic E-state index is 12.4. The van der Waals surface area contributed by atoms with E-state index < -0.39 is 17.3 Å². The zero-order valence-electron chi connectivity index (χ0n) is 10.5. The molecule has 0 aliphatic heterocycles. The highest BCUT2D eigenvalue weighted by atomic mass is 19.4. The molecule has 2 aromatic rings. The maximum Gasteiger partial charge on any atom is 0.416 e. The van der Waals surface area contributed by atoms with Gasteiger partial charge < -0.3 is 10.7 Å². The molecule has 0 radical (unpaired) electrons. The minimum absolute atomic E-state index is 0.572. The highest BCUT2D eigenvalue weighted by Crippen LogP contribution is 2.30. The lowest BCUT2D eigenvalue weighted by Gasteiger charge is -2.14. The number of aromatic amines is 1. The minimum atomic E-state index is -4.32. The Kier molecular flexibility index (Phi) is 3.14. The van der Waals surface area contributed by atoms with Crippen molar-refractivity contribution in [3.63, 3.8) is 0 Å². The topological polar surface area (TPSA) is 54.7 Å². The lowest BCUT2D eigenvalue weighted by atomic mass is 10.1. The van der Waals surface area contributed by atoms with Crippen molar-refractivity contribution in [2.24, 2.45) is 5.73 Å². The van der Waals surface area contributed by atoms with Gasteiger partial charge in [0.25, 0.3) is 0 Å². The van der Waals surface area contributed by atoms with E-state index in [0.717, 1.165) is 12.1 Å². The van der Waals surface area contributed by atoms with Gasteiger partial charge in [0.15, 0.2) is 0 Å². The van der Waals surface area contributed by atoms with Crippen LogP contribution in [-0.2, 0) is 11.7 Å². The minimum Gasteiger partial charge on any atom is -0.346 e. The first-order chi connectivity index (χ1) is 8.68. The molecule has 6 heteroatoms. The van der Waals surface area contributed by atoms with Gasteiger partial charge in [-0.15, -0.1) is 0 Å². The summed E-state index contributed by atoms with van der Waals surface area (Å²) in [7, 11) is 0. The molecule has 0 aliphatic rings.